The van der Waals surface area contributed by atoms with Crippen LogP contribution in [0.25, 0.3) is 0 Å². The zero-order chi connectivity index (χ0) is 13.1. The number of carbonyl (C=O) groups excluding carboxylic acids is 1. The van der Waals surface area contributed by atoms with Crippen LogP contribution in [0.1, 0.15) is 32.1 Å². The molecule has 1 aliphatic carbocycles. The number of benzene rings is 1. The Morgan fingerprint density at radius 3 is 2.37 bits per heavy atom. The molecule has 2 fully saturated rings. The van der Waals surface area contributed by atoms with E-state index in [4.69, 9.17) is 0 Å². The number of rotatable bonds is 3. The third-order valence-electron chi connectivity index (χ3n) is 3.76. The second kappa shape index (κ2) is 5.51. The fraction of sp³-hybridized carbons (Fsp3) is 0.533. The first-order chi connectivity index (χ1) is 9.31. The van der Waals surface area contributed by atoms with Gasteiger partial charge in [-0.15, -0.1) is 0 Å². The van der Waals surface area contributed by atoms with Crippen molar-refractivity contribution >= 4 is 17.4 Å². The smallest absolute Gasteiger partial charge is 0.319 e. The van der Waals surface area contributed by atoms with Crippen LogP contribution in [0.3, 0.4) is 0 Å². The molecule has 19 heavy (non-hydrogen) atoms. The van der Waals surface area contributed by atoms with Crippen LogP contribution < -0.4 is 15.5 Å². The third-order valence-corrected chi connectivity index (χ3v) is 3.76. The monoisotopic (exact) mass is 259 g/mol. The highest BCUT2D eigenvalue weighted by Crippen LogP contribution is 2.22. The number of hydrogen-bond acceptors (Lipinski definition) is 2. The van der Waals surface area contributed by atoms with E-state index in [-0.39, 0.29) is 6.03 Å². The Morgan fingerprint density at radius 2 is 1.74 bits per heavy atom. The predicted octanol–water partition coefficient (Wildman–Crippen LogP) is 2.96. The third kappa shape index (κ3) is 3.40. The fourth-order valence-corrected chi connectivity index (χ4v) is 2.49. The minimum atomic E-state index is -0.0896. The minimum absolute atomic E-state index is 0.0896. The lowest BCUT2D eigenvalue weighted by molar-refractivity contribution is 0.251. The molecule has 1 aliphatic heterocycles. The number of nitrogens with one attached hydrogen (secondary N) is 2. The zero-order valence-electron chi connectivity index (χ0n) is 11.2. The van der Waals surface area contributed by atoms with Crippen molar-refractivity contribution in [3.8, 4) is 0 Å². The molecule has 1 heterocycles. The van der Waals surface area contributed by atoms with Gasteiger partial charge in [-0.2, -0.15) is 0 Å². The lowest BCUT2D eigenvalue weighted by Crippen LogP contribution is -2.30. The molecule has 1 saturated carbocycles. The van der Waals surface area contributed by atoms with Crippen molar-refractivity contribution in [2.45, 2.75) is 38.1 Å². The van der Waals surface area contributed by atoms with Crippen molar-refractivity contribution in [3.05, 3.63) is 24.3 Å². The molecule has 1 aromatic carbocycles. The Labute approximate surface area is 114 Å². The van der Waals surface area contributed by atoms with Gasteiger partial charge in [0.15, 0.2) is 0 Å². The van der Waals surface area contributed by atoms with E-state index >= 15 is 0 Å². The van der Waals surface area contributed by atoms with Gasteiger partial charge in [0.25, 0.3) is 0 Å². The van der Waals surface area contributed by atoms with E-state index in [1.54, 1.807) is 0 Å². The number of anilines is 2. The molecule has 4 nitrogen and oxygen atoms in total. The van der Waals surface area contributed by atoms with Crippen LogP contribution in [-0.4, -0.2) is 25.2 Å². The van der Waals surface area contributed by atoms with Gasteiger partial charge >= 0.3 is 6.03 Å². The molecule has 0 radical (unpaired) electrons. The normalized spacial score (nSPS) is 19.1. The second-order valence-electron chi connectivity index (χ2n) is 5.47. The number of nitrogens with zero attached hydrogens (tertiary/aromatic N) is 1. The van der Waals surface area contributed by atoms with E-state index < -0.39 is 0 Å². The SMILES string of the molecule is O=C(Nc1ccc(N2CCCCC2)cc1)NC1CC1. The van der Waals surface area contributed by atoms with Crippen LogP contribution in [0.4, 0.5) is 16.2 Å². The average Bonchev–Trinajstić information content (AvgIpc) is 3.24. The van der Waals surface area contributed by atoms with Crippen molar-refractivity contribution in [2.24, 2.45) is 0 Å². The van der Waals surface area contributed by atoms with Gasteiger partial charge in [0.2, 0.25) is 0 Å². The molecule has 0 bridgehead atoms. The molecule has 2 aliphatic rings. The Kier molecular flexibility index (Phi) is 3.58. The lowest BCUT2D eigenvalue weighted by Gasteiger charge is -2.28. The largest absolute Gasteiger partial charge is 0.372 e. The summed E-state index contributed by atoms with van der Waals surface area (Å²) in [5, 5.41) is 5.79. The van der Waals surface area contributed by atoms with Crippen LogP contribution in [0.15, 0.2) is 24.3 Å². The van der Waals surface area contributed by atoms with Crippen LogP contribution in [0.2, 0.25) is 0 Å². The summed E-state index contributed by atoms with van der Waals surface area (Å²) in [5.74, 6) is 0. The number of carbonyl (C=O) groups is 1. The zero-order valence-corrected chi connectivity index (χ0v) is 11.2. The highest BCUT2D eigenvalue weighted by Gasteiger charge is 2.23. The van der Waals surface area contributed by atoms with E-state index in [2.05, 4.69) is 27.7 Å². The van der Waals surface area contributed by atoms with Gasteiger partial charge in [-0.1, -0.05) is 0 Å². The van der Waals surface area contributed by atoms with Crippen molar-refractivity contribution in [1.82, 2.24) is 5.32 Å². The highest BCUT2D eigenvalue weighted by molar-refractivity contribution is 5.89. The van der Waals surface area contributed by atoms with Crippen molar-refractivity contribution in [2.75, 3.05) is 23.3 Å². The molecule has 1 aromatic rings. The summed E-state index contributed by atoms with van der Waals surface area (Å²) < 4.78 is 0. The maximum absolute atomic E-state index is 11.6. The fourth-order valence-electron chi connectivity index (χ4n) is 2.49. The van der Waals surface area contributed by atoms with Gasteiger partial charge < -0.3 is 15.5 Å². The second-order valence-corrected chi connectivity index (χ2v) is 5.47. The molecule has 2 N–H and O–H groups in total. The van der Waals surface area contributed by atoms with Gasteiger partial charge in [-0.25, -0.2) is 4.79 Å². The van der Waals surface area contributed by atoms with Gasteiger partial charge in [-0.05, 0) is 56.4 Å². The summed E-state index contributed by atoms with van der Waals surface area (Å²) in [5.41, 5.74) is 2.12. The van der Waals surface area contributed by atoms with E-state index in [1.165, 1.54) is 24.9 Å². The Morgan fingerprint density at radius 1 is 1.05 bits per heavy atom. The molecular weight excluding hydrogens is 238 g/mol. The van der Waals surface area contributed by atoms with Crippen LogP contribution >= 0.6 is 0 Å². The summed E-state index contributed by atoms with van der Waals surface area (Å²) in [6.07, 6.45) is 6.13. The van der Waals surface area contributed by atoms with Gasteiger partial charge in [-0.3, -0.25) is 0 Å². The van der Waals surface area contributed by atoms with Crippen LogP contribution in [0, 0.1) is 0 Å². The van der Waals surface area contributed by atoms with Crippen LogP contribution in [-0.2, 0) is 0 Å². The number of urea groups is 1. The number of piperidine rings is 1. The molecule has 0 spiro atoms. The van der Waals surface area contributed by atoms with Crippen LogP contribution in [0.5, 0.6) is 0 Å². The van der Waals surface area contributed by atoms with E-state index in [0.717, 1.165) is 31.6 Å². The molecule has 4 heteroatoms. The van der Waals surface area contributed by atoms with Gasteiger partial charge in [0.1, 0.15) is 0 Å². The first-order valence-corrected chi connectivity index (χ1v) is 7.24. The summed E-state index contributed by atoms with van der Waals surface area (Å²) in [6, 6.07) is 8.46. The molecule has 0 aromatic heterocycles. The Bertz CT molecular complexity index is 433. The molecule has 0 unspecified atom stereocenters. The van der Waals surface area contributed by atoms with E-state index in [0.29, 0.717) is 6.04 Å². The topological polar surface area (TPSA) is 44.4 Å². The predicted molar refractivity (Wildman–Crippen MR) is 77.7 cm³/mol. The first kappa shape index (κ1) is 12.3. The van der Waals surface area contributed by atoms with Crippen molar-refractivity contribution in [3.63, 3.8) is 0 Å². The van der Waals surface area contributed by atoms with Crippen molar-refractivity contribution in [1.29, 1.82) is 0 Å². The summed E-state index contributed by atoms with van der Waals surface area (Å²) in [6.45, 7) is 2.30. The van der Waals surface area contributed by atoms with Gasteiger partial charge in [0.05, 0.1) is 0 Å². The van der Waals surface area contributed by atoms with E-state index in [1.807, 2.05) is 12.1 Å². The molecule has 0 atom stereocenters. The lowest BCUT2D eigenvalue weighted by atomic mass is 10.1. The Hall–Kier alpha value is -1.71. The molecule has 3 rings (SSSR count). The van der Waals surface area contributed by atoms with Gasteiger partial charge in [0, 0.05) is 30.5 Å². The maximum atomic E-state index is 11.6. The summed E-state index contributed by atoms with van der Waals surface area (Å²) in [4.78, 5) is 14.0. The number of hydrogen-bond donors (Lipinski definition) is 2. The van der Waals surface area contributed by atoms with Crippen molar-refractivity contribution < 1.29 is 4.79 Å². The number of amides is 2. The quantitative estimate of drug-likeness (QED) is 0.876. The standard InChI is InChI=1S/C15H21N3O/c19-15(16-12-4-5-12)17-13-6-8-14(9-7-13)18-10-2-1-3-11-18/h6-9,12H,1-5,10-11H2,(H2,16,17,19). The molecule has 2 amide bonds. The first-order valence-electron chi connectivity index (χ1n) is 7.24. The molecule has 1 saturated heterocycles. The average molecular weight is 259 g/mol. The Balaban J connectivity index is 1.56. The highest BCUT2D eigenvalue weighted by atomic mass is 16.2. The maximum Gasteiger partial charge on any atom is 0.319 e. The summed E-state index contributed by atoms with van der Waals surface area (Å²) >= 11 is 0. The summed E-state index contributed by atoms with van der Waals surface area (Å²) in [7, 11) is 0. The molecule has 102 valence electrons. The minimum Gasteiger partial charge on any atom is -0.372 e. The molecular formula is C15H21N3O. The van der Waals surface area contributed by atoms with E-state index in [9.17, 15) is 4.79 Å².